The Hall–Kier alpha value is -2.94. The summed E-state index contributed by atoms with van der Waals surface area (Å²) < 4.78 is 5.33. The van der Waals surface area contributed by atoms with Gasteiger partial charge in [-0.05, 0) is 30.7 Å². The van der Waals surface area contributed by atoms with Crippen molar-refractivity contribution in [2.45, 2.75) is 13.8 Å². The van der Waals surface area contributed by atoms with E-state index in [1.807, 2.05) is 42.5 Å². The second kappa shape index (κ2) is 5.06. The first-order valence-corrected chi connectivity index (χ1v) is 7.54. The van der Waals surface area contributed by atoms with Crippen LogP contribution in [0, 0.1) is 6.92 Å². The van der Waals surface area contributed by atoms with Gasteiger partial charge in [0.1, 0.15) is 5.75 Å². The van der Waals surface area contributed by atoms with Crippen LogP contribution in [0.25, 0.3) is 32.6 Å². The van der Waals surface area contributed by atoms with Gasteiger partial charge in [-0.1, -0.05) is 36.4 Å². The summed E-state index contributed by atoms with van der Waals surface area (Å²) in [7, 11) is 0. The average molecular weight is 301 g/mol. The lowest BCUT2D eigenvalue weighted by atomic mass is 9.99. The first-order chi connectivity index (χ1) is 11.1. The standard InChI is InChI=1S/C20H15NO2/c1-12-14-6-3-4-8-18(14)21-20-15(12)10-11-16-17(20)7-5-9-19(16)23-13(2)22/h3-11H,1-2H3. The third-order valence-corrected chi connectivity index (χ3v) is 4.19. The molecule has 1 aromatic heterocycles. The highest BCUT2D eigenvalue weighted by Crippen LogP contribution is 2.34. The van der Waals surface area contributed by atoms with Crippen molar-refractivity contribution >= 4 is 38.5 Å². The number of nitrogens with zero attached hydrogens (tertiary/aromatic N) is 1. The van der Waals surface area contributed by atoms with Crippen molar-refractivity contribution in [3.63, 3.8) is 0 Å². The Labute approximate surface area is 133 Å². The van der Waals surface area contributed by atoms with Gasteiger partial charge >= 0.3 is 5.97 Å². The maximum absolute atomic E-state index is 11.3. The Morgan fingerprint density at radius 2 is 1.61 bits per heavy atom. The Balaban J connectivity index is 2.14. The molecule has 0 amide bonds. The zero-order valence-corrected chi connectivity index (χ0v) is 13.0. The van der Waals surface area contributed by atoms with Gasteiger partial charge in [-0.2, -0.15) is 0 Å². The molecule has 0 saturated heterocycles. The van der Waals surface area contributed by atoms with Crippen molar-refractivity contribution < 1.29 is 9.53 Å². The molecule has 3 aromatic carbocycles. The van der Waals surface area contributed by atoms with Crippen molar-refractivity contribution in [3.05, 3.63) is 60.2 Å². The Bertz CT molecular complexity index is 1080. The van der Waals surface area contributed by atoms with Crippen LogP contribution in [0.4, 0.5) is 0 Å². The predicted molar refractivity (Wildman–Crippen MR) is 92.8 cm³/mol. The fourth-order valence-corrected chi connectivity index (χ4v) is 3.13. The molecular weight excluding hydrogens is 286 g/mol. The number of hydrogen-bond donors (Lipinski definition) is 0. The molecule has 23 heavy (non-hydrogen) atoms. The summed E-state index contributed by atoms with van der Waals surface area (Å²) in [6, 6.07) is 17.9. The summed E-state index contributed by atoms with van der Waals surface area (Å²) in [4.78, 5) is 16.2. The maximum atomic E-state index is 11.3. The van der Waals surface area contributed by atoms with E-state index in [4.69, 9.17) is 9.72 Å². The molecule has 3 nitrogen and oxygen atoms in total. The van der Waals surface area contributed by atoms with Gasteiger partial charge in [0.15, 0.2) is 0 Å². The molecule has 4 aromatic rings. The van der Waals surface area contributed by atoms with Crippen molar-refractivity contribution in [2.24, 2.45) is 0 Å². The largest absolute Gasteiger partial charge is 0.426 e. The van der Waals surface area contributed by atoms with Crippen molar-refractivity contribution in [1.29, 1.82) is 0 Å². The molecule has 1 heterocycles. The maximum Gasteiger partial charge on any atom is 0.308 e. The number of ether oxygens (including phenoxy) is 1. The minimum atomic E-state index is -0.319. The van der Waals surface area contributed by atoms with E-state index in [9.17, 15) is 4.79 Å². The second-order valence-corrected chi connectivity index (χ2v) is 5.66. The molecule has 3 heteroatoms. The molecule has 112 valence electrons. The lowest BCUT2D eigenvalue weighted by Crippen LogP contribution is -2.01. The summed E-state index contributed by atoms with van der Waals surface area (Å²) in [5, 5.41) is 4.18. The van der Waals surface area contributed by atoms with Crippen LogP contribution in [0.3, 0.4) is 0 Å². The lowest BCUT2D eigenvalue weighted by molar-refractivity contribution is -0.131. The van der Waals surface area contributed by atoms with Crippen molar-refractivity contribution in [1.82, 2.24) is 4.98 Å². The molecule has 0 N–H and O–H groups in total. The molecule has 0 radical (unpaired) electrons. The number of rotatable bonds is 1. The summed E-state index contributed by atoms with van der Waals surface area (Å²) >= 11 is 0. The van der Waals surface area contributed by atoms with E-state index in [-0.39, 0.29) is 5.97 Å². The van der Waals surface area contributed by atoms with Crippen LogP contribution in [0.15, 0.2) is 54.6 Å². The fraction of sp³-hybridized carbons (Fsp3) is 0.100. The van der Waals surface area contributed by atoms with Crippen LogP contribution >= 0.6 is 0 Å². The zero-order valence-electron chi connectivity index (χ0n) is 13.0. The van der Waals surface area contributed by atoms with Gasteiger partial charge in [-0.3, -0.25) is 4.79 Å². The van der Waals surface area contributed by atoms with Crippen LogP contribution in [0.5, 0.6) is 5.75 Å². The van der Waals surface area contributed by atoms with E-state index in [2.05, 4.69) is 19.1 Å². The Morgan fingerprint density at radius 1 is 0.870 bits per heavy atom. The van der Waals surface area contributed by atoms with Crippen LogP contribution in [0.2, 0.25) is 0 Å². The molecule has 0 saturated carbocycles. The normalized spacial score (nSPS) is 11.2. The molecule has 0 aliphatic carbocycles. The van der Waals surface area contributed by atoms with Gasteiger partial charge in [0.25, 0.3) is 0 Å². The second-order valence-electron chi connectivity index (χ2n) is 5.66. The molecule has 0 spiro atoms. The number of carbonyl (C=O) groups excluding carboxylic acids is 1. The Morgan fingerprint density at radius 3 is 2.43 bits per heavy atom. The number of aromatic nitrogens is 1. The topological polar surface area (TPSA) is 39.2 Å². The third-order valence-electron chi connectivity index (χ3n) is 4.19. The number of hydrogen-bond acceptors (Lipinski definition) is 3. The molecular formula is C20H15NO2. The molecule has 0 bridgehead atoms. The number of carbonyl (C=O) groups is 1. The van der Waals surface area contributed by atoms with E-state index in [1.165, 1.54) is 12.5 Å². The Kier molecular flexibility index (Phi) is 3.01. The predicted octanol–water partition coefficient (Wildman–Crippen LogP) is 4.77. The summed E-state index contributed by atoms with van der Waals surface area (Å²) in [6.07, 6.45) is 0. The molecule has 0 aliphatic heterocycles. The molecule has 4 rings (SSSR count). The molecule has 0 fully saturated rings. The highest BCUT2D eigenvalue weighted by atomic mass is 16.5. The monoisotopic (exact) mass is 301 g/mol. The minimum Gasteiger partial charge on any atom is -0.426 e. The van der Waals surface area contributed by atoms with Crippen LogP contribution in [0.1, 0.15) is 12.5 Å². The molecule has 0 unspecified atom stereocenters. The van der Waals surface area contributed by atoms with E-state index in [0.29, 0.717) is 5.75 Å². The van der Waals surface area contributed by atoms with Gasteiger partial charge in [-0.15, -0.1) is 0 Å². The average Bonchev–Trinajstić information content (AvgIpc) is 2.55. The SMILES string of the molecule is CC(=O)Oc1cccc2c1ccc1c(C)c3ccccc3nc12. The van der Waals surface area contributed by atoms with Gasteiger partial charge < -0.3 is 4.74 Å². The van der Waals surface area contributed by atoms with Crippen molar-refractivity contribution in [2.75, 3.05) is 0 Å². The van der Waals surface area contributed by atoms with Crippen molar-refractivity contribution in [3.8, 4) is 5.75 Å². The van der Waals surface area contributed by atoms with E-state index < -0.39 is 0 Å². The first kappa shape index (κ1) is 13.7. The zero-order chi connectivity index (χ0) is 16.0. The quantitative estimate of drug-likeness (QED) is 0.220. The summed E-state index contributed by atoms with van der Waals surface area (Å²) in [5.41, 5.74) is 3.13. The number of para-hydroxylation sites is 1. The van der Waals surface area contributed by atoms with E-state index in [1.54, 1.807) is 0 Å². The van der Waals surface area contributed by atoms with Crippen LogP contribution in [-0.2, 0) is 4.79 Å². The van der Waals surface area contributed by atoms with Gasteiger partial charge in [0, 0.05) is 28.5 Å². The van der Waals surface area contributed by atoms with E-state index >= 15 is 0 Å². The number of fused-ring (bicyclic) bond motifs is 4. The third kappa shape index (κ3) is 2.13. The minimum absolute atomic E-state index is 0.319. The van der Waals surface area contributed by atoms with Crippen LogP contribution < -0.4 is 4.74 Å². The van der Waals surface area contributed by atoms with Gasteiger partial charge in [0.05, 0.1) is 11.0 Å². The van der Waals surface area contributed by atoms with Gasteiger partial charge in [0.2, 0.25) is 0 Å². The smallest absolute Gasteiger partial charge is 0.308 e. The molecule has 0 atom stereocenters. The summed E-state index contributed by atoms with van der Waals surface area (Å²) in [6.45, 7) is 3.53. The lowest BCUT2D eigenvalue weighted by Gasteiger charge is -2.11. The fourth-order valence-electron chi connectivity index (χ4n) is 3.13. The highest BCUT2D eigenvalue weighted by Gasteiger charge is 2.11. The van der Waals surface area contributed by atoms with Gasteiger partial charge in [-0.25, -0.2) is 4.98 Å². The van der Waals surface area contributed by atoms with E-state index in [0.717, 1.165) is 32.6 Å². The number of esters is 1. The number of pyridine rings is 1. The first-order valence-electron chi connectivity index (χ1n) is 7.54. The number of benzene rings is 3. The highest BCUT2D eigenvalue weighted by molar-refractivity contribution is 6.11. The molecule has 0 aliphatic rings. The number of aryl methyl sites for hydroxylation is 1. The summed E-state index contributed by atoms with van der Waals surface area (Å²) in [5.74, 6) is 0.254. The van der Waals surface area contributed by atoms with Crippen LogP contribution in [-0.4, -0.2) is 11.0 Å².